The van der Waals surface area contributed by atoms with Gasteiger partial charge in [0.1, 0.15) is 4.21 Å². The van der Waals surface area contributed by atoms with Gasteiger partial charge in [0.2, 0.25) is 11.8 Å². The molecule has 1 N–H and O–H groups in total. The van der Waals surface area contributed by atoms with Crippen molar-refractivity contribution in [3.8, 4) is 0 Å². The molecule has 32 heavy (non-hydrogen) atoms. The lowest BCUT2D eigenvalue weighted by molar-refractivity contribution is -0.126. The summed E-state index contributed by atoms with van der Waals surface area (Å²) in [6, 6.07) is 11.1. The summed E-state index contributed by atoms with van der Waals surface area (Å²) in [6.07, 6.45) is 4.11. The van der Waals surface area contributed by atoms with Crippen LogP contribution in [0.15, 0.2) is 40.6 Å². The Hall–Kier alpha value is -2.23. The number of rotatable bonds is 6. The van der Waals surface area contributed by atoms with Crippen molar-refractivity contribution >= 4 is 38.9 Å². The Kier molecular flexibility index (Phi) is 6.97. The third-order valence-electron chi connectivity index (χ3n) is 6.07. The molecule has 0 aliphatic carbocycles. The minimum atomic E-state index is -3.48. The second kappa shape index (κ2) is 9.72. The van der Waals surface area contributed by atoms with Gasteiger partial charge in [0.15, 0.2) is 0 Å². The summed E-state index contributed by atoms with van der Waals surface area (Å²) in [5, 5.41) is 2.88. The number of hydrogen-bond acceptors (Lipinski definition) is 5. The Labute approximate surface area is 193 Å². The minimum absolute atomic E-state index is 0.0593. The summed E-state index contributed by atoms with van der Waals surface area (Å²) in [7, 11) is -3.48. The quantitative estimate of drug-likeness (QED) is 0.695. The zero-order valence-electron chi connectivity index (χ0n) is 18.2. The first-order chi connectivity index (χ1) is 15.3. The normalized spacial score (nSPS) is 20.3. The summed E-state index contributed by atoms with van der Waals surface area (Å²) in [4.78, 5) is 27.5. The molecule has 7 nitrogen and oxygen atoms in total. The summed E-state index contributed by atoms with van der Waals surface area (Å²) in [5.74, 6) is -0.654. The Morgan fingerprint density at radius 2 is 1.75 bits per heavy atom. The topological polar surface area (TPSA) is 86.8 Å². The van der Waals surface area contributed by atoms with Crippen LogP contribution >= 0.6 is 11.3 Å². The standard InChI is InChI=1S/C23H29N3O4S2/c1-17-6-8-19(9-7-17)26-16-18(14-21(26)27)23(28)24-15-20-10-11-22(31-20)32(29,30)25-12-4-2-3-5-13-25/h6-11,18H,2-5,12-16H2,1H3,(H,24,28)/t18-/m1/s1. The van der Waals surface area contributed by atoms with Crippen LogP contribution < -0.4 is 10.2 Å². The number of sulfonamides is 1. The van der Waals surface area contributed by atoms with Gasteiger partial charge >= 0.3 is 0 Å². The average Bonchev–Trinajstić information content (AvgIpc) is 3.31. The van der Waals surface area contributed by atoms with Gasteiger partial charge in [0.25, 0.3) is 10.0 Å². The number of aryl methyl sites for hydroxylation is 1. The fourth-order valence-corrected chi connectivity index (χ4v) is 7.14. The zero-order chi connectivity index (χ0) is 22.7. The van der Waals surface area contributed by atoms with Crippen LogP contribution in [-0.2, 0) is 26.2 Å². The van der Waals surface area contributed by atoms with Gasteiger partial charge in [-0.3, -0.25) is 9.59 Å². The van der Waals surface area contributed by atoms with Crippen molar-refractivity contribution in [3.05, 3.63) is 46.8 Å². The van der Waals surface area contributed by atoms with Crippen molar-refractivity contribution in [1.82, 2.24) is 9.62 Å². The molecule has 1 aromatic heterocycles. The Morgan fingerprint density at radius 1 is 1.06 bits per heavy atom. The van der Waals surface area contributed by atoms with Gasteiger partial charge in [-0.15, -0.1) is 11.3 Å². The molecular formula is C23H29N3O4S2. The second-order valence-corrected chi connectivity index (χ2v) is 11.8. The van der Waals surface area contributed by atoms with Crippen LogP contribution in [0, 0.1) is 12.8 Å². The van der Waals surface area contributed by atoms with Gasteiger partial charge < -0.3 is 10.2 Å². The number of hydrogen-bond donors (Lipinski definition) is 1. The molecule has 0 saturated carbocycles. The van der Waals surface area contributed by atoms with Crippen molar-refractivity contribution < 1.29 is 18.0 Å². The molecule has 1 atom stereocenters. The number of benzene rings is 1. The van der Waals surface area contributed by atoms with E-state index >= 15 is 0 Å². The third kappa shape index (κ3) is 5.05. The van der Waals surface area contributed by atoms with Crippen LogP contribution in [0.25, 0.3) is 0 Å². The maximum absolute atomic E-state index is 12.9. The van der Waals surface area contributed by atoms with Gasteiger partial charge in [-0.1, -0.05) is 30.5 Å². The summed E-state index contributed by atoms with van der Waals surface area (Å²) >= 11 is 1.20. The van der Waals surface area contributed by atoms with Crippen molar-refractivity contribution in [2.45, 2.75) is 49.8 Å². The lowest BCUT2D eigenvalue weighted by Gasteiger charge is -2.18. The van der Waals surface area contributed by atoms with Crippen LogP contribution in [0.1, 0.15) is 42.5 Å². The zero-order valence-corrected chi connectivity index (χ0v) is 19.9. The number of carbonyl (C=O) groups excluding carboxylic acids is 2. The SMILES string of the molecule is Cc1ccc(N2C[C@H](C(=O)NCc3ccc(S(=O)(=O)N4CCCCCC4)s3)CC2=O)cc1. The molecule has 2 fully saturated rings. The van der Waals surface area contributed by atoms with E-state index in [1.807, 2.05) is 31.2 Å². The summed E-state index contributed by atoms with van der Waals surface area (Å²) in [6.45, 7) is 3.74. The third-order valence-corrected chi connectivity index (χ3v) is 9.53. The first kappa shape index (κ1) is 22.9. The highest BCUT2D eigenvalue weighted by atomic mass is 32.2. The molecule has 9 heteroatoms. The van der Waals surface area contributed by atoms with E-state index in [2.05, 4.69) is 5.32 Å². The molecule has 2 aromatic rings. The Morgan fingerprint density at radius 3 is 2.44 bits per heavy atom. The molecule has 2 aliphatic rings. The lowest BCUT2D eigenvalue weighted by Crippen LogP contribution is -2.32. The highest BCUT2D eigenvalue weighted by Gasteiger charge is 2.35. The molecule has 3 heterocycles. The first-order valence-electron chi connectivity index (χ1n) is 11.1. The second-order valence-electron chi connectivity index (χ2n) is 8.50. The van der Waals surface area contributed by atoms with E-state index in [0.29, 0.717) is 23.8 Å². The molecule has 4 rings (SSSR count). The first-order valence-corrected chi connectivity index (χ1v) is 13.3. The van der Waals surface area contributed by atoms with E-state index in [9.17, 15) is 18.0 Å². The van der Waals surface area contributed by atoms with E-state index in [4.69, 9.17) is 0 Å². The molecule has 0 unspecified atom stereocenters. The largest absolute Gasteiger partial charge is 0.351 e. The van der Waals surface area contributed by atoms with E-state index in [0.717, 1.165) is 41.8 Å². The average molecular weight is 476 g/mol. The molecule has 172 valence electrons. The van der Waals surface area contributed by atoms with Gasteiger partial charge in [-0.25, -0.2) is 8.42 Å². The molecule has 2 amide bonds. The Bertz CT molecular complexity index is 1070. The molecular weight excluding hydrogens is 446 g/mol. The number of nitrogens with zero attached hydrogens (tertiary/aromatic N) is 2. The predicted octanol–water partition coefficient (Wildman–Crippen LogP) is 3.29. The number of nitrogens with one attached hydrogen (secondary N) is 1. The van der Waals surface area contributed by atoms with E-state index < -0.39 is 15.9 Å². The van der Waals surface area contributed by atoms with Gasteiger partial charge in [0.05, 0.1) is 12.5 Å². The summed E-state index contributed by atoms with van der Waals surface area (Å²) < 4.78 is 27.8. The number of thiophene rings is 1. The number of amides is 2. The minimum Gasteiger partial charge on any atom is -0.351 e. The van der Waals surface area contributed by atoms with Gasteiger partial charge in [-0.2, -0.15) is 4.31 Å². The molecule has 0 bridgehead atoms. The summed E-state index contributed by atoms with van der Waals surface area (Å²) in [5.41, 5.74) is 1.92. The van der Waals surface area contributed by atoms with Crippen molar-refractivity contribution in [2.24, 2.45) is 5.92 Å². The van der Waals surface area contributed by atoms with Crippen LogP contribution in [0.5, 0.6) is 0 Å². The monoisotopic (exact) mass is 475 g/mol. The van der Waals surface area contributed by atoms with Crippen LogP contribution in [0.2, 0.25) is 0 Å². The van der Waals surface area contributed by atoms with E-state index in [-0.39, 0.29) is 24.8 Å². The van der Waals surface area contributed by atoms with E-state index in [1.165, 1.54) is 11.3 Å². The van der Waals surface area contributed by atoms with Crippen molar-refractivity contribution in [2.75, 3.05) is 24.5 Å². The molecule has 2 aliphatic heterocycles. The van der Waals surface area contributed by atoms with Crippen molar-refractivity contribution in [1.29, 1.82) is 0 Å². The smallest absolute Gasteiger partial charge is 0.252 e. The van der Waals surface area contributed by atoms with Crippen molar-refractivity contribution in [3.63, 3.8) is 0 Å². The molecule has 2 saturated heterocycles. The molecule has 0 radical (unpaired) electrons. The number of anilines is 1. The van der Waals surface area contributed by atoms with Gasteiger partial charge in [0, 0.05) is 36.6 Å². The van der Waals surface area contributed by atoms with E-state index in [1.54, 1.807) is 21.3 Å². The van der Waals surface area contributed by atoms with Gasteiger partial charge in [-0.05, 0) is 44.0 Å². The highest BCUT2D eigenvalue weighted by molar-refractivity contribution is 7.91. The maximum Gasteiger partial charge on any atom is 0.252 e. The predicted molar refractivity (Wildman–Crippen MR) is 125 cm³/mol. The number of carbonyl (C=O) groups is 2. The van der Waals surface area contributed by atoms with Crippen LogP contribution in [0.3, 0.4) is 0 Å². The maximum atomic E-state index is 12.9. The van der Waals surface area contributed by atoms with Crippen LogP contribution in [0.4, 0.5) is 5.69 Å². The fraction of sp³-hybridized carbons (Fsp3) is 0.478. The molecule has 1 aromatic carbocycles. The lowest BCUT2D eigenvalue weighted by atomic mass is 10.1. The highest BCUT2D eigenvalue weighted by Crippen LogP contribution is 2.28. The van der Waals surface area contributed by atoms with Crippen LogP contribution in [-0.4, -0.2) is 44.2 Å². The molecule has 0 spiro atoms. The Balaban J connectivity index is 1.34. The fourth-order valence-electron chi connectivity index (χ4n) is 4.18.